The second kappa shape index (κ2) is 8.19. The summed E-state index contributed by atoms with van der Waals surface area (Å²) < 4.78 is 1.19. The molecular formula is C22H25N3OS. The molecule has 1 aliphatic rings. The molecule has 2 aromatic carbocycles. The topological polar surface area (TPSA) is 45.2 Å². The van der Waals surface area contributed by atoms with Crippen LogP contribution in [0.25, 0.3) is 10.2 Å². The van der Waals surface area contributed by atoms with Gasteiger partial charge in [0.05, 0.1) is 15.2 Å². The maximum Gasteiger partial charge on any atom is 0.220 e. The SMILES string of the molecule is CC(CNC(=O)CCc1nc2ccccc2s1)N1CCc2ccccc2C1. The zero-order valence-corrected chi connectivity index (χ0v) is 16.5. The van der Waals surface area contributed by atoms with E-state index < -0.39 is 0 Å². The molecule has 1 unspecified atom stereocenters. The second-order valence-electron chi connectivity index (χ2n) is 7.22. The van der Waals surface area contributed by atoms with Gasteiger partial charge in [-0.3, -0.25) is 9.69 Å². The van der Waals surface area contributed by atoms with Crippen molar-refractivity contribution in [3.8, 4) is 0 Å². The quantitative estimate of drug-likeness (QED) is 0.709. The highest BCUT2D eigenvalue weighted by atomic mass is 32.1. The molecular weight excluding hydrogens is 354 g/mol. The van der Waals surface area contributed by atoms with Crippen LogP contribution < -0.4 is 5.32 Å². The Morgan fingerprint density at radius 2 is 1.96 bits per heavy atom. The van der Waals surface area contributed by atoms with E-state index in [9.17, 15) is 4.79 Å². The molecule has 1 aromatic heterocycles. The zero-order valence-electron chi connectivity index (χ0n) is 15.6. The number of nitrogens with one attached hydrogen (secondary N) is 1. The Morgan fingerprint density at radius 3 is 2.81 bits per heavy atom. The fourth-order valence-corrected chi connectivity index (χ4v) is 4.59. The van der Waals surface area contributed by atoms with Crippen LogP contribution in [0.3, 0.4) is 0 Å². The van der Waals surface area contributed by atoms with Crippen molar-refractivity contribution < 1.29 is 4.79 Å². The highest BCUT2D eigenvalue weighted by Gasteiger charge is 2.20. The molecule has 0 spiro atoms. The maximum atomic E-state index is 12.3. The summed E-state index contributed by atoms with van der Waals surface area (Å²) in [6.45, 7) is 4.92. The normalized spacial score (nSPS) is 15.4. The third kappa shape index (κ3) is 4.37. The van der Waals surface area contributed by atoms with Crippen molar-refractivity contribution in [2.24, 2.45) is 0 Å². The number of aromatic nitrogens is 1. The van der Waals surface area contributed by atoms with Gasteiger partial charge in [-0.1, -0.05) is 36.4 Å². The van der Waals surface area contributed by atoms with Gasteiger partial charge in [0.25, 0.3) is 0 Å². The highest BCUT2D eigenvalue weighted by Crippen LogP contribution is 2.22. The molecule has 1 aliphatic heterocycles. The maximum absolute atomic E-state index is 12.3. The van der Waals surface area contributed by atoms with E-state index in [1.54, 1.807) is 11.3 Å². The Kier molecular flexibility index (Phi) is 5.50. The molecule has 2 heterocycles. The molecule has 0 bridgehead atoms. The predicted octanol–water partition coefficient (Wildman–Crippen LogP) is 3.79. The van der Waals surface area contributed by atoms with Crippen molar-refractivity contribution in [1.82, 2.24) is 15.2 Å². The van der Waals surface area contributed by atoms with E-state index in [-0.39, 0.29) is 5.91 Å². The molecule has 0 fully saturated rings. The lowest BCUT2D eigenvalue weighted by Crippen LogP contribution is -2.44. The number of hydrogen-bond acceptors (Lipinski definition) is 4. The molecule has 3 aromatic rings. The van der Waals surface area contributed by atoms with Crippen molar-refractivity contribution >= 4 is 27.5 Å². The number of carbonyl (C=O) groups excluding carboxylic acids is 1. The predicted molar refractivity (Wildman–Crippen MR) is 111 cm³/mol. The molecule has 27 heavy (non-hydrogen) atoms. The summed E-state index contributed by atoms with van der Waals surface area (Å²) in [5.41, 5.74) is 3.90. The molecule has 5 heteroatoms. The van der Waals surface area contributed by atoms with Gasteiger partial charge in [0.1, 0.15) is 0 Å². The smallest absolute Gasteiger partial charge is 0.220 e. The summed E-state index contributed by atoms with van der Waals surface area (Å²) in [7, 11) is 0. The van der Waals surface area contributed by atoms with Gasteiger partial charge >= 0.3 is 0 Å². The lowest BCUT2D eigenvalue weighted by atomic mass is 9.99. The largest absolute Gasteiger partial charge is 0.355 e. The van der Waals surface area contributed by atoms with Gasteiger partial charge in [-0.05, 0) is 36.6 Å². The molecule has 0 saturated carbocycles. The van der Waals surface area contributed by atoms with E-state index in [1.165, 1.54) is 15.8 Å². The summed E-state index contributed by atoms with van der Waals surface area (Å²) in [6.07, 6.45) is 2.29. The first-order valence-electron chi connectivity index (χ1n) is 9.61. The standard InChI is InChI=1S/C22H25N3OS/c1-16(25-13-12-17-6-2-3-7-18(17)15-25)14-23-21(26)10-11-22-24-19-8-4-5-9-20(19)27-22/h2-9,16H,10-15H2,1H3,(H,23,26). The Morgan fingerprint density at radius 1 is 1.19 bits per heavy atom. The number of para-hydroxylation sites is 1. The number of aryl methyl sites for hydroxylation is 1. The van der Waals surface area contributed by atoms with E-state index in [0.717, 1.165) is 30.0 Å². The van der Waals surface area contributed by atoms with Crippen LogP contribution in [0.5, 0.6) is 0 Å². The average molecular weight is 380 g/mol. The number of amides is 1. The molecule has 0 radical (unpaired) electrons. The van der Waals surface area contributed by atoms with Gasteiger partial charge in [-0.25, -0.2) is 4.98 Å². The summed E-state index contributed by atoms with van der Waals surface area (Å²) in [5.74, 6) is 0.110. The summed E-state index contributed by atoms with van der Waals surface area (Å²) in [4.78, 5) is 19.3. The van der Waals surface area contributed by atoms with Crippen LogP contribution >= 0.6 is 11.3 Å². The van der Waals surface area contributed by atoms with Crippen LogP contribution in [0, 0.1) is 0 Å². The molecule has 0 aliphatic carbocycles. The molecule has 1 N–H and O–H groups in total. The van der Waals surface area contributed by atoms with Crippen LogP contribution in [0.2, 0.25) is 0 Å². The Hall–Kier alpha value is -2.24. The van der Waals surface area contributed by atoms with Gasteiger partial charge in [0.2, 0.25) is 5.91 Å². The number of carbonyl (C=O) groups is 1. The number of thiazole rings is 1. The second-order valence-corrected chi connectivity index (χ2v) is 8.33. The van der Waals surface area contributed by atoms with Crippen molar-refractivity contribution in [1.29, 1.82) is 0 Å². The highest BCUT2D eigenvalue weighted by molar-refractivity contribution is 7.18. The Labute approximate surface area is 164 Å². The molecule has 4 nitrogen and oxygen atoms in total. The minimum Gasteiger partial charge on any atom is -0.355 e. The molecule has 1 amide bonds. The molecule has 4 rings (SSSR count). The minimum absolute atomic E-state index is 0.110. The van der Waals surface area contributed by atoms with Crippen LogP contribution in [0.1, 0.15) is 29.5 Å². The van der Waals surface area contributed by atoms with E-state index in [0.29, 0.717) is 25.4 Å². The summed E-state index contributed by atoms with van der Waals surface area (Å²) in [6, 6.07) is 17.1. The third-order valence-corrected chi connectivity index (χ3v) is 6.38. The zero-order chi connectivity index (χ0) is 18.6. The summed E-state index contributed by atoms with van der Waals surface area (Å²) >= 11 is 1.68. The number of fused-ring (bicyclic) bond motifs is 2. The minimum atomic E-state index is 0.110. The average Bonchev–Trinajstić information content (AvgIpc) is 3.13. The fourth-order valence-electron chi connectivity index (χ4n) is 3.62. The van der Waals surface area contributed by atoms with Gasteiger partial charge in [0.15, 0.2) is 0 Å². The van der Waals surface area contributed by atoms with Crippen molar-refractivity contribution in [3.63, 3.8) is 0 Å². The number of nitrogens with zero attached hydrogens (tertiary/aromatic N) is 2. The molecule has 0 saturated heterocycles. The Bertz CT molecular complexity index is 903. The van der Waals surface area contributed by atoms with Crippen LogP contribution in [-0.4, -0.2) is 34.9 Å². The van der Waals surface area contributed by atoms with Gasteiger partial charge in [-0.15, -0.1) is 11.3 Å². The van der Waals surface area contributed by atoms with Gasteiger partial charge in [-0.2, -0.15) is 0 Å². The first-order valence-corrected chi connectivity index (χ1v) is 10.4. The molecule has 1 atom stereocenters. The van der Waals surface area contributed by atoms with Gasteiger partial charge < -0.3 is 5.32 Å². The lowest BCUT2D eigenvalue weighted by molar-refractivity contribution is -0.121. The van der Waals surface area contributed by atoms with Crippen molar-refractivity contribution in [2.45, 2.75) is 38.8 Å². The van der Waals surface area contributed by atoms with Crippen LogP contribution in [0.4, 0.5) is 0 Å². The number of benzene rings is 2. The first kappa shape index (κ1) is 18.1. The van der Waals surface area contributed by atoms with Crippen LogP contribution in [-0.2, 0) is 24.2 Å². The first-order chi connectivity index (χ1) is 13.2. The van der Waals surface area contributed by atoms with Gasteiger partial charge in [0, 0.05) is 38.5 Å². The number of hydrogen-bond donors (Lipinski definition) is 1. The monoisotopic (exact) mass is 379 g/mol. The van der Waals surface area contributed by atoms with Crippen LogP contribution in [0.15, 0.2) is 48.5 Å². The van der Waals surface area contributed by atoms with E-state index >= 15 is 0 Å². The fraction of sp³-hybridized carbons (Fsp3) is 0.364. The lowest BCUT2D eigenvalue weighted by Gasteiger charge is -2.33. The third-order valence-electron chi connectivity index (χ3n) is 5.28. The molecule has 140 valence electrons. The van der Waals surface area contributed by atoms with E-state index in [1.807, 2.05) is 18.2 Å². The van der Waals surface area contributed by atoms with Crippen molar-refractivity contribution in [2.75, 3.05) is 13.1 Å². The van der Waals surface area contributed by atoms with E-state index in [2.05, 4.69) is 52.5 Å². The Balaban J connectivity index is 1.24. The number of rotatable bonds is 6. The van der Waals surface area contributed by atoms with E-state index in [4.69, 9.17) is 0 Å². The van der Waals surface area contributed by atoms with Crippen molar-refractivity contribution in [3.05, 3.63) is 64.7 Å². The summed E-state index contributed by atoms with van der Waals surface area (Å²) in [5, 5.41) is 4.14.